The van der Waals surface area contributed by atoms with Crippen LogP contribution >= 0.6 is 0 Å². The molecule has 3 heteroatoms. The molecule has 2 heterocycles. The molecule has 1 atom stereocenters. The predicted octanol–water partition coefficient (Wildman–Crippen LogP) is 3.65. The Hall–Kier alpha value is -2.16. The van der Waals surface area contributed by atoms with E-state index in [9.17, 15) is 4.79 Å². The van der Waals surface area contributed by atoms with Crippen LogP contribution < -0.4 is 4.90 Å². The fourth-order valence-corrected chi connectivity index (χ4v) is 3.76. The molecule has 1 aliphatic heterocycles. The predicted molar refractivity (Wildman–Crippen MR) is 89.0 cm³/mol. The number of pyridine rings is 1. The molecule has 1 saturated heterocycles. The molecule has 0 N–H and O–H groups in total. The van der Waals surface area contributed by atoms with Crippen LogP contribution in [-0.2, 0) is 17.6 Å². The Balaban J connectivity index is 1.95. The first-order valence-electron chi connectivity index (χ1n) is 8.11. The first-order chi connectivity index (χ1) is 10.8. The van der Waals surface area contributed by atoms with Gasteiger partial charge in [-0.05, 0) is 37.3 Å². The summed E-state index contributed by atoms with van der Waals surface area (Å²) in [7, 11) is 0. The summed E-state index contributed by atoms with van der Waals surface area (Å²) in [6.45, 7) is 4.62. The minimum atomic E-state index is 0.217. The second-order valence-corrected chi connectivity index (χ2v) is 6.31. The molecule has 2 aromatic rings. The zero-order valence-corrected chi connectivity index (χ0v) is 12.7. The molecule has 0 bridgehead atoms. The summed E-state index contributed by atoms with van der Waals surface area (Å²) in [4.78, 5) is 19.4. The minimum absolute atomic E-state index is 0.217. The van der Waals surface area contributed by atoms with Gasteiger partial charge in [0.25, 0.3) is 0 Å². The maximum atomic E-state index is 12.5. The largest absolute Gasteiger partial charge is 0.311 e. The summed E-state index contributed by atoms with van der Waals surface area (Å²) < 4.78 is 0. The number of amides is 1. The van der Waals surface area contributed by atoms with Crippen LogP contribution in [0.15, 0.2) is 36.9 Å². The number of anilines is 1. The average molecular weight is 292 g/mol. The highest BCUT2D eigenvalue weighted by Gasteiger charge is 2.32. The van der Waals surface area contributed by atoms with Crippen LogP contribution in [0.2, 0.25) is 0 Å². The Morgan fingerprint density at radius 1 is 1.23 bits per heavy atom. The molecule has 1 aromatic carbocycles. The van der Waals surface area contributed by atoms with Gasteiger partial charge in [0.05, 0.1) is 11.2 Å². The molecule has 1 amide bonds. The van der Waals surface area contributed by atoms with E-state index in [0.29, 0.717) is 6.42 Å². The number of aromatic nitrogens is 1. The second kappa shape index (κ2) is 5.24. The second-order valence-electron chi connectivity index (χ2n) is 6.31. The summed E-state index contributed by atoms with van der Waals surface area (Å²) in [5.41, 5.74) is 4.61. The van der Waals surface area contributed by atoms with Gasteiger partial charge in [0, 0.05) is 30.0 Å². The number of aryl methyl sites for hydroxylation is 1. The first kappa shape index (κ1) is 13.5. The van der Waals surface area contributed by atoms with Gasteiger partial charge in [0.15, 0.2) is 0 Å². The summed E-state index contributed by atoms with van der Waals surface area (Å²) in [6.07, 6.45) is 6.93. The molecule has 1 aliphatic carbocycles. The SMILES string of the molecule is C=CC1CC(=O)N(c2c3c(nc4ccccc24)CCCC3)C1. The van der Waals surface area contributed by atoms with E-state index in [0.717, 1.165) is 36.0 Å². The first-order valence-corrected chi connectivity index (χ1v) is 8.11. The Labute approximate surface area is 130 Å². The number of hydrogen-bond acceptors (Lipinski definition) is 2. The normalized spacial score (nSPS) is 21.2. The lowest BCUT2D eigenvalue weighted by molar-refractivity contribution is -0.117. The summed E-state index contributed by atoms with van der Waals surface area (Å²) >= 11 is 0. The van der Waals surface area contributed by atoms with Gasteiger partial charge >= 0.3 is 0 Å². The van der Waals surface area contributed by atoms with Crippen molar-refractivity contribution in [1.82, 2.24) is 4.98 Å². The number of carbonyl (C=O) groups is 1. The summed E-state index contributed by atoms with van der Waals surface area (Å²) in [6, 6.07) is 8.21. The lowest BCUT2D eigenvalue weighted by atomic mass is 9.92. The van der Waals surface area contributed by atoms with Crippen LogP contribution in [0.1, 0.15) is 30.5 Å². The molecule has 0 saturated carbocycles. The van der Waals surface area contributed by atoms with E-state index in [1.165, 1.54) is 24.1 Å². The molecule has 1 aromatic heterocycles. The van der Waals surface area contributed by atoms with Crippen molar-refractivity contribution in [2.24, 2.45) is 5.92 Å². The fraction of sp³-hybridized carbons (Fsp3) is 0.368. The van der Waals surface area contributed by atoms with Gasteiger partial charge in [-0.3, -0.25) is 9.78 Å². The van der Waals surface area contributed by atoms with Gasteiger partial charge in [-0.15, -0.1) is 6.58 Å². The van der Waals surface area contributed by atoms with Crippen LogP contribution in [0.25, 0.3) is 10.9 Å². The van der Waals surface area contributed by atoms with Gasteiger partial charge in [0.1, 0.15) is 0 Å². The van der Waals surface area contributed by atoms with Crippen molar-refractivity contribution in [1.29, 1.82) is 0 Å². The highest BCUT2D eigenvalue weighted by atomic mass is 16.2. The Bertz CT molecular complexity index is 765. The van der Waals surface area contributed by atoms with Crippen LogP contribution in [0.4, 0.5) is 5.69 Å². The number of para-hydroxylation sites is 1. The van der Waals surface area contributed by atoms with Gasteiger partial charge in [-0.25, -0.2) is 0 Å². The molecule has 0 spiro atoms. The third-order valence-corrected chi connectivity index (χ3v) is 4.90. The third-order valence-electron chi connectivity index (χ3n) is 4.90. The molecule has 2 aliphatic rings. The molecule has 1 fully saturated rings. The Morgan fingerprint density at radius 2 is 2.05 bits per heavy atom. The number of nitrogens with zero attached hydrogens (tertiary/aromatic N) is 2. The van der Waals surface area contributed by atoms with Crippen LogP contribution in [-0.4, -0.2) is 17.4 Å². The number of fused-ring (bicyclic) bond motifs is 2. The fourth-order valence-electron chi connectivity index (χ4n) is 3.76. The van der Waals surface area contributed by atoms with Crippen molar-refractivity contribution in [3.05, 3.63) is 48.2 Å². The van der Waals surface area contributed by atoms with E-state index in [2.05, 4.69) is 18.7 Å². The van der Waals surface area contributed by atoms with Gasteiger partial charge in [-0.1, -0.05) is 24.3 Å². The molecule has 1 unspecified atom stereocenters. The van der Waals surface area contributed by atoms with E-state index in [1.807, 2.05) is 23.1 Å². The van der Waals surface area contributed by atoms with Crippen LogP contribution in [0, 0.1) is 5.92 Å². The van der Waals surface area contributed by atoms with E-state index < -0.39 is 0 Å². The van der Waals surface area contributed by atoms with Gasteiger partial charge in [0.2, 0.25) is 5.91 Å². The van der Waals surface area contributed by atoms with Crippen LogP contribution in [0.5, 0.6) is 0 Å². The molecule has 3 nitrogen and oxygen atoms in total. The van der Waals surface area contributed by atoms with E-state index in [4.69, 9.17) is 4.98 Å². The van der Waals surface area contributed by atoms with Gasteiger partial charge in [-0.2, -0.15) is 0 Å². The minimum Gasteiger partial charge on any atom is -0.311 e. The monoisotopic (exact) mass is 292 g/mol. The topological polar surface area (TPSA) is 33.2 Å². The number of carbonyl (C=O) groups excluding carboxylic acids is 1. The smallest absolute Gasteiger partial charge is 0.227 e. The molecular formula is C19H20N2O. The third kappa shape index (κ3) is 2.04. The van der Waals surface area contributed by atoms with E-state index in [1.54, 1.807) is 0 Å². The molecular weight excluding hydrogens is 272 g/mol. The zero-order valence-electron chi connectivity index (χ0n) is 12.7. The van der Waals surface area contributed by atoms with E-state index >= 15 is 0 Å². The highest BCUT2D eigenvalue weighted by Crippen LogP contribution is 2.38. The number of hydrogen-bond donors (Lipinski definition) is 0. The standard InChI is InChI=1S/C19H20N2O/c1-2-13-11-18(22)21(12-13)19-14-7-3-5-9-16(14)20-17-10-6-4-8-15(17)19/h2-3,5,7,9,13H,1,4,6,8,10-12H2. The molecule has 22 heavy (non-hydrogen) atoms. The van der Waals surface area contributed by atoms with Crippen LogP contribution in [0.3, 0.4) is 0 Å². The Morgan fingerprint density at radius 3 is 2.86 bits per heavy atom. The highest BCUT2D eigenvalue weighted by molar-refractivity contribution is 6.05. The quantitative estimate of drug-likeness (QED) is 0.792. The van der Waals surface area contributed by atoms with Crippen molar-refractivity contribution in [2.45, 2.75) is 32.1 Å². The molecule has 4 rings (SSSR count). The number of benzene rings is 1. The van der Waals surface area contributed by atoms with Crippen molar-refractivity contribution in [3.63, 3.8) is 0 Å². The average Bonchev–Trinajstić information content (AvgIpc) is 2.93. The van der Waals surface area contributed by atoms with Crippen molar-refractivity contribution in [3.8, 4) is 0 Å². The lowest BCUT2D eigenvalue weighted by Crippen LogP contribution is -2.27. The zero-order chi connectivity index (χ0) is 15.1. The van der Waals surface area contributed by atoms with Crippen molar-refractivity contribution >= 4 is 22.5 Å². The molecule has 112 valence electrons. The molecule has 0 radical (unpaired) electrons. The summed E-state index contributed by atoms with van der Waals surface area (Å²) in [5.74, 6) is 0.479. The maximum Gasteiger partial charge on any atom is 0.227 e. The van der Waals surface area contributed by atoms with Crippen molar-refractivity contribution in [2.75, 3.05) is 11.4 Å². The van der Waals surface area contributed by atoms with Gasteiger partial charge < -0.3 is 4.90 Å². The maximum absolute atomic E-state index is 12.5. The van der Waals surface area contributed by atoms with E-state index in [-0.39, 0.29) is 11.8 Å². The number of rotatable bonds is 2. The Kier molecular flexibility index (Phi) is 3.21. The van der Waals surface area contributed by atoms with Crippen molar-refractivity contribution < 1.29 is 4.79 Å². The lowest BCUT2D eigenvalue weighted by Gasteiger charge is -2.26. The summed E-state index contributed by atoms with van der Waals surface area (Å²) in [5, 5.41) is 1.11.